The number of para-hydroxylation sites is 1. The SMILES string of the molecule is COc1ccc(NC(=O)N(C)Cc2nc3ccccc3s2)cc1OC. The van der Waals surface area contributed by atoms with Crippen LogP contribution in [0.15, 0.2) is 42.5 Å². The van der Waals surface area contributed by atoms with Crippen molar-refractivity contribution in [2.45, 2.75) is 6.54 Å². The lowest BCUT2D eigenvalue weighted by atomic mass is 10.3. The van der Waals surface area contributed by atoms with Gasteiger partial charge in [0.1, 0.15) is 5.01 Å². The average Bonchev–Trinajstić information content (AvgIpc) is 3.03. The fourth-order valence-corrected chi connectivity index (χ4v) is 3.42. The Morgan fingerprint density at radius 2 is 1.92 bits per heavy atom. The van der Waals surface area contributed by atoms with Crippen LogP contribution in [0.5, 0.6) is 11.5 Å². The molecule has 0 aliphatic rings. The number of carbonyl (C=O) groups is 1. The molecule has 130 valence electrons. The van der Waals surface area contributed by atoms with Crippen molar-refractivity contribution < 1.29 is 14.3 Å². The van der Waals surface area contributed by atoms with E-state index in [-0.39, 0.29) is 6.03 Å². The van der Waals surface area contributed by atoms with E-state index in [2.05, 4.69) is 10.3 Å². The van der Waals surface area contributed by atoms with Crippen LogP contribution in [0.1, 0.15) is 5.01 Å². The molecule has 1 N–H and O–H groups in total. The van der Waals surface area contributed by atoms with Gasteiger partial charge in [-0.05, 0) is 24.3 Å². The van der Waals surface area contributed by atoms with Gasteiger partial charge in [-0.1, -0.05) is 12.1 Å². The molecule has 0 aliphatic heterocycles. The molecule has 0 saturated heterocycles. The summed E-state index contributed by atoms with van der Waals surface area (Å²) in [6.07, 6.45) is 0. The van der Waals surface area contributed by atoms with Crippen LogP contribution in [0.4, 0.5) is 10.5 Å². The Bertz CT molecular complexity index is 861. The van der Waals surface area contributed by atoms with Crippen LogP contribution in [0.2, 0.25) is 0 Å². The molecule has 1 aromatic heterocycles. The molecule has 0 unspecified atom stereocenters. The molecule has 7 heteroatoms. The van der Waals surface area contributed by atoms with Crippen LogP contribution in [-0.4, -0.2) is 37.2 Å². The Morgan fingerprint density at radius 1 is 1.16 bits per heavy atom. The Hall–Kier alpha value is -2.80. The first-order valence-corrected chi connectivity index (χ1v) is 8.51. The number of thiazole rings is 1. The first kappa shape index (κ1) is 17.0. The predicted octanol–water partition coefficient (Wildman–Crippen LogP) is 3.98. The summed E-state index contributed by atoms with van der Waals surface area (Å²) in [5, 5.41) is 3.74. The molecule has 1 heterocycles. The number of aromatic nitrogens is 1. The van der Waals surface area contributed by atoms with E-state index in [1.807, 2.05) is 24.3 Å². The highest BCUT2D eigenvalue weighted by Crippen LogP contribution is 2.30. The minimum Gasteiger partial charge on any atom is -0.493 e. The molecule has 0 fully saturated rings. The van der Waals surface area contributed by atoms with Gasteiger partial charge in [-0.2, -0.15) is 0 Å². The number of methoxy groups -OCH3 is 2. The van der Waals surface area contributed by atoms with Crippen LogP contribution >= 0.6 is 11.3 Å². The van der Waals surface area contributed by atoms with Crippen molar-refractivity contribution in [3.63, 3.8) is 0 Å². The van der Waals surface area contributed by atoms with Crippen LogP contribution in [0, 0.1) is 0 Å². The number of nitrogens with one attached hydrogen (secondary N) is 1. The molecule has 0 saturated carbocycles. The van der Waals surface area contributed by atoms with Crippen molar-refractivity contribution in [2.75, 3.05) is 26.6 Å². The molecular weight excluding hydrogens is 338 g/mol. The second kappa shape index (κ2) is 7.40. The molecule has 3 rings (SSSR count). The summed E-state index contributed by atoms with van der Waals surface area (Å²) >= 11 is 1.59. The van der Waals surface area contributed by atoms with Crippen molar-refractivity contribution in [2.24, 2.45) is 0 Å². The van der Waals surface area contributed by atoms with Crippen molar-refractivity contribution in [3.8, 4) is 11.5 Å². The molecule has 25 heavy (non-hydrogen) atoms. The summed E-state index contributed by atoms with van der Waals surface area (Å²) < 4.78 is 11.6. The smallest absolute Gasteiger partial charge is 0.321 e. The van der Waals surface area contributed by atoms with Gasteiger partial charge in [-0.25, -0.2) is 9.78 Å². The van der Waals surface area contributed by atoms with Gasteiger partial charge in [-0.15, -0.1) is 11.3 Å². The van der Waals surface area contributed by atoms with E-state index in [1.54, 1.807) is 55.7 Å². The molecule has 0 spiro atoms. The number of hydrogen-bond acceptors (Lipinski definition) is 5. The van der Waals surface area contributed by atoms with Gasteiger partial charge in [0, 0.05) is 18.8 Å². The Labute approximate surface area is 150 Å². The number of amides is 2. The van der Waals surface area contributed by atoms with Gasteiger partial charge in [0.05, 0.1) is 31.0 Å². The van der Waals surface area contributed by atoms with Crippen LogP contribution < -0.4 is 14.8 Å². The normalized spacial score (nSPS) is 10.5. The second-order valence-electron chi connectivity index (χ2n) is 5.43. The summed E-state index contributed by atoms with van der Waals surface area (Å²) in [5.74, 6) is 1.18. The second-order valence-corrected chi connectivity index (χ2v) is 6.55. The van der Waals surface area contributed by atoms with E-state index in [4.69, 9.17) is 9.47 Å². The predicted molar refractivity (Wildman–Crippen MR) is 99.7 cm³/mol. The number of urea groups is 1. The van der Waals surface area contributed by atoms with Crippen LogP contribution in [-0.2, 0) is 6.54 Å². The largest absolute Gasteiger partial charge is 0.493 e. The van der Waals surface area contributed by atoms with Gasteiger partial charge in [-0.3, -0.25) is 0 Å². The number of ether oxygens (including phenoxy) is 2. The molecule has 2 amide bonds. The van der Waals surface area contributed by atoms with Gasteiger partial charge in [0.15, 0.2) is 11.5 Å². The first-order valence-electron chi connectivity index (χ1n) is 7.69. The zero-order chi connectivity index (χ0) is 17.8. The maximum Gasteiger partial charge on any atom is 0.321 e. The van der Waals surface area contributed by atoms with Gasteiger partial charge in [0.25, 0.3) is 0 Å². The maximum absolute atomic E-state index is 12.4. The molecule has 0 atom stereocenters. The summed E-state index contributed by atoms with van der Waals surface area (Å²) in [4.78, 5) is 18.5. The number of benzene rings is 2. The standard InChI is InChI=1S/C18H19N3O3S/c1-21(11-17-20-13-6-4-5-7-16(13)25-17)18(22)19-12-8-9-14(23-2)15(10-12)24-3/h4-10H,11H2,1-3H3,(H,19,22). The Kier molecular flexibility index (Phi) is 5.04. The quantitative estimate of drug-likeness (QED) is 0.750. The molecular formula is C18H19N3O3S. The molecule has 2 aromatic carbocycles. The van der Waals surface area contributed by atoms with Crippen molar-refractivity contribution in [3.05, 3.63) is 47.5 Å². The molecule has 0 radical (unpaired) electrons. The van der Waals surface area contributed by atoms with Gasteiger partial charge < -0.3 is 19.7 Å². The van der Waals surface area contributed by atoms with Crippen molar-refractivity contribution in [1.29, 1.82) is 0 Å². The Balaban J connectivity index is 1.68. The highest BCUT2D eigenvalue weighted by Gasteiger charge is 2.13. The highest BCUT2D eigenvalue weighted by molar-refractivity contribution is 7.18. The molecule has 6 nitrogen and oxygen atoms in total. The molecule has 0 aliphatic carbocycles. The zero-order valence-electron chi connectivity index (χ0n) is 14.3. The summed E-state index contributed by atoms with van der Waals surface area (Å²) in [7, 11) is 4.87. The van der Waals surface area contributed by atoms with E-state index in [0.717, 1.165) is 15.2 Å². The number of anilines is 1. The lowest BCUT2D eigenvalue weighted by Crippen LogP contribution is -2.30. The van der Waals surface area contributed by atoms with Crippen LogP contribution in [0.25, 0.3) is 10.2 Å². The number of carbonyl (C=O) groups excluding carboxylic acids is 1. The summed E-state index contributed by atoms with van der Waals surface area (Å²) in [5.41, 5.74) is 1.59. The average molecular weight is 357 g/mol. The monoisotopic (exact) mass is 357 g/mol. The number of fused-ring (bicyclic) bond motifs is 1. The summed E-state index contributed by atoms with van der Waals surface area (Å²) in [6.45, 7) is 0.443. The lowest BCUT2D eigenvalue weighted by molar-refractivity contribution is 0.220. The fourth-order valence-electron chi connectivity index (χ4n) is 2.40. The number of hydrogen-bond donors (Lipinski definition) is 1. The summed E-state index contributed by atoms with van der Waals surface area (Å²) in [6, 6.07) is 13.0. The third-order valence-electron chi connectivity index (χ3n) is 3.69. The van der Waals surface area contributed by atoms with E-state index in [9.17, 15) is 4.79 Å². The van der Waals surface area contributed by atoms with Crippen LogP contribution in [0.3, 0.4) is 0 Å². The number of rotatable bonds is 5. The molecule has 3 aromatic rings. The van der Waals surface area contributed by atoms with Gasteiger partial charge >= 0.3 is 6.03 Å². The fraction of sp³-hybridized carbons (Fsp3) is 0.222. The zero-order valence-corrected chi connectivity index (χ0v) is 15.1. The minimum absolute atomic E-state index is 0.216. The van der Waals surface area contributed by atoms with E-state index in [0.29, 0.717) is 23.7 Å². The highest BCUT2D eigenvalue weighted by atomic mass is 32.1. The van der Waals surface area contributed by atoms with Crippen molar-refractivity contribution in [1.82, 2.24) is 9.88 Å². The number of nitrogens with zero attached hydrogens (tertiary/aromatic N) is 2. The minimum atomic E-state index is -0.216. The maximum atomic E-state index is 12.4. The third kappa shape index (κ3) is 3.83. The van der Waals surface area contributed by atoms with E-state index in [1.165, 1.54) is 0 Å². The Morgan fingerprint density at radius 3 is 2.64 bits per heavy atom. The van der Waals surface area contributed by atoms with E-state index >= 15 is 0 Å². The van der Waals surface area contributed by atoms with E-state index < -0.39 is 0 Å². The first-order chi connectivity index (χ1) is 12.1. The third-order valence-corrected chi connectivity index (χ3v) is 4.71. The van der Waals surface area contributed by atoms with Crippen molar-refractivity contribution >= 4 is 33.3 Å². The molecule has 0 bridgehead atoms. The lowest BCUT2D eigenvalue weighted by Gasteiger charge is -2.17. The van der Waals surface area contributed by atoms with Gasteiger partial charge in [0.2, 0.25) is 0 Å². The topological polar surface area (TPSA) is 63.7 Å².